The normalized spacial score (nSPS) is 26.1. The Morgan fingerprint density at radius 3 is 2.84 bits per heavy atom. The second-order valence-electron chi connectivity index (χ2n) is 4.98. The number of esters is 1. The van der Waals surface area contributed by atoms with E-state index in [9.17, 15) is 4.79 Å². The highest BCUT2D eigenvalue weighted by Crippen LogP contribution is 2.25. The molecular weight excluding hydrogens is 240 g/mol. The summed E-state index contributed by atoms with van der Waals surface area (Å²) in [6, 6.07) is 9.63. The topological polar surface area (TPSA) is 64.3 Å². The van der Waals surface area contributed by atoms with Crippen LogP contribution in [0.3, 0.4) is 0 Å². The number of nitrogens with one attached hydrogen (secondary N) is 1. The molecule has 1 aromatic carbocycles. The van der Waals surface area contributed by atoms with Crippen molar-refractivity contribution in [2.24, 2.45) is 5.73 Å². The van der Waals surface area contributed by atoms with E-state index in [0.29, 0.717) is 19.4 Å². The molecule has 4 nitrogen and oxygen atoms in total. The third-order valence-corrected chi connectivity index (χ3v) is 3.41. The zero-order valence-corrected chi connectivity index (χ0v) is 11.0. The number of benzene rings is 1. The summed E-state index contributed by atoms with van der Waals surface area (Å²) in [5, 5.41) is 3.19. The third-order valence-electron chi connectivity index (χ3n) is 3.41. The zero-order valence-electron chi connectivity index (χ0n) is 11.0. The Labute approximate surface area is 113 Å². The Hall–Kier alpha value is -1.65. The summed E-state index contributed by atoms with van der Waals surface area (Å²) in [6.45, 7) is 4.63. The van der Waals surface area contributed by atoms with Crippen molar-refractivity contribution in [2.45, 2.75) is 31.0 Å². The minimum Gasteiger partial charge on any atom is -0.459 e. The van der Waals surface area contributed by atoms with Crippen molar-refractivity contribution in [2.75, 3.05) is 6.54 Å². The van der Waals surface area contributed by atoms with Crippen molar-refractivity contribution in [1.82, 2.24) is 5.32 Å². The van der Waals surface area contributed by atoms with Gasteiger partial charge in [-0.2, -0.15) is 0 Å². The smallest absolute Gasteiger partial charge is 0.327 e. The SMILES string of the molecule is C=CCC1(C(=O)OCc2ccccc2)CC(N)CN1. The van der Waals surface area contributed by atoms with Crippen molar-refractivity contribution in [3.63, 3.8) is 0 Å². The number of nitrogens with two attached hydrogens (primary N) is 1. The Morgan fingerprint density at radius 1 is 1.53 bits per heavy atom. The minimum atomic E-state index is -0.698. The molecule has 0 spiro atoms. The van der Waals surface area contributed by atoms with E-state index in [4.69, 9.17) is 10.5 Å². The van der Waals surface area contributed by atoms with Crippen molar-refractivity contribution in [3.8, 4) is 0 Å². The summed E-state index contributed by atoms with van der Waals surface area (Å²) in [7, 11) is 0. The van der Waals surface area contributed by atoms with Gasteiger partial charge in [0.15, 0.2) is 0 Å². The van der Waals surface area contributed by atoms with Crippen LogP contribution >= 0.6 is 0 Å². The summed E-state index contributed by atoms with van der Waals surface area (Å²) in [5.74, 6) is -0.246. The van der Waals surface area contributed by atoms with Crippen LogP contribution in [-0.4, -0.2) is 24.1 Å². The van der Waals surface area contributed by atoms with Crippen LogP contribution in [0.2, 0.25) is 0 Å². The minimum absolute atomic E-state index is 0.00998. The molecular formula is C15H20N2O2. The molecule has 3 N–H and O–H groups in total. The Morgan fingerprint density at radius 2 is 2.26 bits per heavy atom. The van der Waals surface area contributed by atoms with Gasteiger partial charge in [-0.1, -0.05) is 36.4 Å². The van der Waals surface area contributed by atoms with Crippen LogP contribution in [0.15, 0.2) is 43.0 Å². The molecule has 2 rings (SSSR count). The van der Waals surface area contributed by atoms with E-state index < -0.39 is 5.54 Å². The monoisotopic (exact) mass is 260 g/mol. The van der Waals surface area contributed by atoms with Crippen LogP contribution in [0.25, 0.3) is 0 Å². The van der Waals surface area contributed by atoms with Crippen LogP contribution in [-0.2, 0) is 16.1 Å². The summed E-state index contributed by atoms with van der Waals surface area (Å²) < 4.78 is 5.41. The molecule has 1 fully saturated rings. The highest BCUT2D eigenvalue weighted by atomic mass is 16.5. The first-order chi connectivity index (χ1) is 9.16. The first-order valence-corrected chi connectivity index (χ1v) is 6.49. The fourth-order valence-corrected chi connectivity index (χ4v) is 2.42. The van der Waals surface area contributed by atoms with Gasteiger partial charge in [-0.15, -0.1) is 6.58 Å². The van der Waals surface area contributed by atoms with Gasteiger partial charge in [-0.05, 0) is 18.4 Å². The van der Waals surface area contributed by atoms with E-state index in [1.165, 1.54) is 0 Å². The van der Waals surface area contributed by atoms with E-state index >= 15 is 0 Å². The van der Waals surface area contributed by atoms with Crippen molar-refractivity contribution >= 4 is 5.97 Å². The highest BCUT2D eigenvalue weighted by Gasteiger charge is 2.44. The van der Waals surface area contributed by atoms with E-state index in [0.717, 1.165) is 5.56 Å². The molecule has 2 unspecified atom stereocenters. The molecule has 0 radical (unpaired) electrons. The fourth-order valence-electron chi connectivity index (χ4n) is 2.42. The predicted octanol–water partition coefficient (Wildman–Crippen LogP) is 1.37. The average molecular weight is 260 g/mol. The summed E-state index contributed by atoms with van der Waals surface area (Å²) in [5.41, 5.74) is 6.16. The summed E-state index contributed by atoms with van der Waals surface area (Å²) >= 11 is 0. The zero-order chi connectivity index (χ0) is 13.7. The second kappa shape index (κ2) is 5.99. The lowest BCUT2D eigenvalue weighted by Crippen LogP contribution is -2.48. The van der Waals surface area contributed by atoms with Crippen LogP contribution in [0.1, 0.15) is 18.4 Å². The summed E-state index contributed by atoms with van der Waals surface area (Å²) in [4.78, 5) is 12.3. The maximum atomic E-state index is 12.3. The lowest BCUT2D eigenvalue weighted by atomic mass is 9.92. The second-order valence-corrected chi connectivity index (χ2v) is 4.98. The molecule has 1 aliphatic heterocycles. The van der Waals surface area contributed by atoms with Gasteiger partial charge >= 0.3 is 5.97 Å². The molecule has 1 aliphatic rings. The van der Waals surface area contributed by atoms with Crippen LogP contribution in [0, 0.1) is 0 Å². The Kier molecular flexibility index (Phi) is 4.35. The first-order valence-electron chi connectivity index (χ1n) is 6.49. The van der Waals surface area contributed by atoms with Gasteiger partial charge in [0.05, 0.1) is 0 Å². The van der Waals surface area contributed by atoms with Gasteiger partial charge in [0, 0.05) is 12.6 Å². The lowest BCUT2D eigenvalue weighted by molar-refractivity contribution is -0.152. The molecule has 1 heterocycles. The van der Waals surface area contributed by atoms with E-state index in [2.05, 4.69) is 11.9 Å². The number of carbonyl (C=O) groups is 1. The van der Waals surface area contributed by atoms with E-state index in [1.807, 2.05) is 30.3 Å². The third kappa shape index (κ3) is 3.22. The standard InChI is InChI=1S/C15H20N2O2/c1-2-8-15(9-13(16)10-17-15)14(18)19-11-12-6-4-3-5-7-12/h2-7,13,17H,1,8-11,16H2. The average Bonchev–Trinajstić information content (AvgIpc) is 2.80. The van der Waals surface area contributed by atoms with Gasteiger partial charge < -0.3 is 10.5 Å². The fraction of sp³-hybridized carbons (Fsp3) is 0.400. The largest absolute Gasteiger partial charge is 0.459 e. The van der Waals surface area contributed by atoms with Gasteiger partial charge in [0.2, 0.25) is 0 Å². The Balaban J connectivity index is 1.99. The molecule has 1 saturated heterocycles. The Bertz CT molecular complexity index is 447. The van der Waals surface area contributed by atoms with Gasteiger partial charge in [-0.25, -0.2) is 0 Å². The predicted molar refractivity (Wildman–Crippen MR) is 74.4 cm³/mol. The molecule has 19 heavy (non-hydrogen) atoms. The molecule has 4 heteroatoms. The highest BCUT2D eigenvalue weighted by molar-refractivity contribution is 5.81. The van der Waals surface area contributed by atoms with E-state index in [1.54, 1.807) is 6.08 Å². The molecule has 0 amide bonds. The van der Waals surface area contributed by atoms with Crippen LogP contribution in [0.4, 0.5) is 0 Å². The molecule has 1 aromatic rings. The van der Waals surface area contributed by atoms with Crippen LogP contribution in [0.5, 0.6) is 0 Å². The number of rotatable bonds is 5. The lowest BCUT2D eigenvalue weighted by Gasteiger charge is -2.25. The number of ether oxygens (including phenoxy) is 1. The van der Waals surface area contributed by atoms with Gasteiger partial charge in [-0.3, -0.25) is 10.1 Å². The molecule has 0 bridgehead atoms. The maximum Gasteiger partial charge on any atom is 0.327 e. The van der Waals surface area contributed by atoms with Gasteiger partial charge in [0.25, 0.3) is 0 Å². The molecule has 0 aromatic heterocycles. The quantitative estimate of drug-likeness (QED) is 0.620. The molecule has 0 saturated carbocycles. The van der Waals surface area contributed by atoms with Crippen molar-refractivity contribution in [1.29, 1.82) is 0 Å². The van der Waals surface area contributed by atoms with Crippen LogP contribution < -0.4 is 11.1 Å². The molecule has 0 aliphatic carbocycles. The molecule has 2 atom stereocenters. The number of hydrogen-bond donors (Lipinski definition) is 2. The maximum absolute atomic E-state index is 12.3. The molecule has 102 valence electrons. The summed E-state index contributed by atoms with van der Waals surface area (Å²) in [6.07, 6.45) is 2.86. The van der Waals surface area contributed by atoms with Crippen molar-refractivity contribution < 1.29 is 9.53 Å². The number of carbonyl (C=O) groups excluding carboxylic acids is 1. The van der Waals surface area contributed by atoms with Crippen molar-refractivity contribution in [3.05, 3.63) is 48.6 Å². The van der Waals surface area contributed by atoms with E-state index in [-0.39, 0.29) is 18.6 Å². The van der Waals surface area contributed by atoms with Gasteiger partial charge in [0.1, 0.15) is 12.1 Å². The number of hydrogen-bond acceptors (Lipinski definition) is 4. The first kappa shape index (κ1) is 13.8.